The summed E-state index contributed by atoms with van der Waals surface area (Å²) in [5.41, 5.74) is 0. The summed E-state index contributed by atoms with van der Waals surface area (Å²) in [6.45, 7) is 6.20. The first-order chi connectivity index (χ1) is 8.29. The molecule has 5 nitrogen and oxygen atoms in total. The number of nitrogens with zero attached hydrogens (tertiary/aromatic N) is 1. The predicted molar refractivity (Wildman–Crippen MR) is 66.0 cm³/mol. The third kappa shape index (κ3) is 5.02. The summed E-state index contributed by atoms with van der Waals surface area (Å²) >= 11 is 0. The van der Waals surface area contributed by atoms with Crippen LogP contribution in [0.2, 0.25) is 0 Å². The second-order valence-corrected chi connectivity index (χ2v) is 4.18. The van der Waals surface area contributed by atoms with Crippen LogP contribution in [-0.4, -0.2) is 63.4 Å². The Morgan fingerprint density at radius 1 is 1.41 bits per heavy atom. The van der Waals surface area contributed by atoms with Gasteiger partial charge in [0.2, 0.25) is 5.91 Å². The lowest BCUT2D eigenvalue weighted by atomic mass is 10.0. The van der Waals surface area contributed by atoms with Gasteiger partial charge < -0.3 is 19.7 Å². The normalized spacial score (nSPS) is 20.9. The third-order valence-electron chi connectivity index (χ3n) is 2.92. The standard InChI is InChI=1S/C12H24N2O3/c1-3-13-11-5-4-6-14(12(11)15)7-8-17-10-9-16-2/h11,13H,3-10H2,1-2H3. The molecule has 17 heavy (non-hydrogen) atoms. The van der Waals surface area contributed by atoms with Crippen molar-refractivity contribution in [3.8, 4) is 0 Å². The fourth-order valence-corrected chi connectivity index (χ4v) is 2.02. The number of hydrogen-bond acceptors (Lipinski definition) is 4. The maximum Gasteiger partial charge on any atom is 0.239 e. The van der Waals surface area contributed by atoms with Gasteiger partial charge in [0.25, 0.3) is 0 Å². The van der Waals surface area contributed by atoms with Crippen molar-refractivity contribution in [2.45, 2.75) is 25.8 Å². The van der Waals surface area contributed by atoms with Gasteiger partial charge in [0.05, 0.1) is 25.9 Å². The maximum absolute atomic E-state index is 12.0. The van der Waals surface area contributed by atoms with Gasteiger partial charge >= 0.3 is 0 Å². The summed E-state index contributed by atoms with van der Waals surface area (Å²) in [5, 5.41) is 3.22. The first-order valence-corrected chi connectivity index (χ1v) is 6.38. The van der Waals surface area contributed by atoms with E-state index in [4.69, 9.17) is 9.47 Å². The van der Waals surface area contributed by atoms with Crippen LogP contribution >= 0.6 is 0 Å². The number of methoxy groups -OCH3 is 1. The molecular weight excluding hydrogens is 220 g/mol. The minimum absolute atomic E-state index is 0.00715. The number of carbonyl (C=O) groups is 1. The first kappa shape index (κ1) is 14.4. The van der Waals surface area contributed by atoms with Crippen molar-refractivity contribution >= 4 is 5.91 Å². The van der Waals surface area contributed by atoms with E-state index in [1.807, 2.05) is 11.8 Å². The smallest absolute Gasteiger partial charge is 0.239 e. The van der Waals surface area contributed by atoms with Crippen LogP contribution in [0.25, 0.3) is 0 Å². The molecule has 1 saturated heterocycles. The van der Waals surface area contributed by atoms with E-state index in [-0.39, 0.29) is 11.9 Å². The molecule has 1 N–H and O–H groups in total. The van der Waals surface area contributed by atoms with Crippen LogP contribution < -0.4 is 5.32 Å². The number of amides is 1. The fourth-order valence-electron chi connectivity index (χ4n) is 2.02. The molecule has 0 aromatic carbocycles. The predicted octanol–water partition coefficient (Wildman–Crippen LogP) is 0.250. The molecule has 0 aromatic heterocycles. The van der Waals surface area contributed by atoms with Gasteiger partial charge in [0, 0.05) is 20.2 Å². The quantitative estimate of drug-likeness (QED) is 0.622. The van der Waals surface area contributed by atoms with Crippen molar-refractivity contribution in [2.75, 3.05) is 46.6 Å². The molecule has 1 aliphatic heterocycles. The van der Waals surface area contributed by atoms with Crippen molar-refractivity contribution < 1.29 is 14.3 Å². The number of carbonyl (C=O) groups excluding carboxylic acids is 1. The molecule has 0 radical (unpaired) electrons. The van der Waals surface area contributed by atoms with Gasteiger partial charge in [-0.15, -0.1) is 0 Å². The van der Waals surface area contributed by atoms with E-state index in [9.17, 15) is 4.79 Å². The van der Waals surface area contributed by atoms with Crippen LogP contribution in [0.3, 0.4) is 0 Å². The molecule has 1 amide bonds. The molecule has 1 aliphatic rings. The van der Waals surface area contributed by atoms with E-state index in [0.717, 1.165) is 25.9 Å². The van der Waals surface area contributed by atoms with Crippen LogP contribution in [0.4, 0.5) is 0 Å². The molecule has 5 heteroatoms. The average Bonchev–Trinajstić information content (AvgIpc) is 2.33. The summed E-state index contributed by atoms with van der Waals surface area (Å²) in [6.07, 6.45) is 2.02. The van der Waals surface area contributed by atoms with Crippen LogP contribution in [-0.2, 0) is 14.3 Å². The number of nitrogens with one attached hydrogen (secondary N) is 1. The van der Waals surface area contributed by atoms with E-state index in [1.54, 1.807) is 7.11 Å². The maximum atomic E-state index is 12.0. The number of piperidine rings is 1. The molecule has 1 rings (SSSR count). The van der Waals surface area contributed by atoms with Crippen molar-refractivity contribution in [3.05, 3.63) is 0 Å². The highest BCUT2D eigenvalue weighted by Gasteiger charge is 2.27. The van der Waals surface area contributed by atoms with Gasteiger partial charge in [0.1, 0.15) is 0 Å². The Labute approximate surface area is 103 Å². The Morgan fingerprint density at radius 2 is 2.24 bits per heavy atom. The topological polar surface area (TPSA) is 50.8 Å². The first-order valence-electron chi connectivity index (χ1n) is 6.38. The summed E-state index contributed by atoms with van der Waals surface area (Å²) in [6, 6.07) is 0.00715. The zero-order valence-electron chi connectivity index (χ0n) is 10.9. The van der Waals surface area contributed by atoms with Gasteiger partial charge in [0.15, 0.2) is 0 Å². The molecule has 0 bridgehead atoms. The molecule has 0 aromatic rings. The Hall–Kier alpha value is -0.650. The van der Waals surface area contributed by atoms with Crippen molar-refractivity contribution in [1.29, 1.82) is 0 Å². The van der Waals surface area contributed by atoms with E-state index in [1.165, 1.54) is 0 Å². The Bertz CT molecular complexity index is 222. The molecule has 1 atom stereocenters. The van der Waals surface area contributed by atoms with Crippen molar-refractivity contribution in [1.82, 2.24) is 10.2 Å². The molecule has 0 saturated carbocycles. The zero-order chi connectivity index (χ0) is 12.5. The lowest BCUT2D eigenvalue weighted by Gasteiger charge is -2.32. The molecule has 1 unspecified atom stereocenters. The fraction of sp³-hybridized carbons (Fsp3) is 0.917. The van der Waals surface area contributed by atoms with Gasteiger partial charge in [-0.3, -0.25) is 4.79 Å². The number of hydrogen-bond donors (Lipinski definition) is 1. The van der Waals surface area contributed by atoms with Crippen LogP contribution in [0.5, 0.6) is 0 Å². The largest absolute Gasteiger partial charge is 0.382 e. The van der Waals surface area contributed by atoms with Gasteiger partial charge in [-0.25, -0.2) is 0 Å². The Kier molecular flexibility index (Phi) is 7.16. The summed E-state index contributed by atoms with van der Waals surface area (Å²) < 4.78 is 10.3. The summed E-state index contributed by atoms with van der Waals surface area (Å²) in [5.74, 6) is 0.216. The van der Waals surface area contributed by atoms with Crippen molar-refractivity contribution in [2.24, 2.45) is 0 Å². The van der Waals surface area contributed by atoms with Gasteiger partial charge in [-0.05, 0) is 19.4 Å². The average molecular weight is 244 g/mol. The Morgan fingerprint density at radius 3 is 2.94 bits per heavy atom. The minimum Gasteiger partial charge on any atom is -0.382 e. The SMILES string of the molecule is CCNC1CCCN(CCOCCOC)C1=O. The molecule has 0 spiro atoms. The second-order valence-electron chi connectivity index (χ2n) is 4.18. The van der Waals surface area contributed by atoms with E-state index < -0.39 is 0 Å². The van der Waals surface area contributed by atoms with E-state index in [2.05, 4.69) is 5.32 Å². The molecule has 1 fully saturated rings. The lowest BCUT2D eigenvalue weighted by molar-refractivity contribution is -0.136. The van der Waals surface area contributed by atoms with Crippen LogP contribution in [0, 0.1) is 0 Å². The van der Waals surface area contributed by atoms with Gasteiger partial charge in [-0.2, -0.15) is 0 Å². The van der Waals surface area contributed by atoms with Crippen molar-refractivity contribution in [3.63, 3.8) is 0 Å². The molecule has 0 aliphatic carbocycles. The second kappa shape index (κ2) is 8.44. The molecule has 100 valence electrons. The number of rotatable bonds is 8. The number of likely N-dealkylation sites (N-methyl/N-ethyl adjacent to an activating group) is 1. The highest BCUT2D eigenvalue weighted by molar-refractivity contribution is 5.82. The van der Waals surface area contributed by atoms with Crippen LogP contribution in [0.15, 0.2) is 0 Å². The summed E-state index contributed by atoms with van der Waals surface area (Å²) in [7, 11) is 1.65. The van der Waals surface area contributed by atoms with Crippen LogP contribution in [0.1, 0.15) is 19.8 Å². The Balaban J connectivity index is 2.20. The summed E-state index contributed by atoms with van der Waals surface area (Å²) in [4.78, 5) is 13.9. The van der Waals surface area contributed by atoms with E-state index >= 15 is 0 Å². The highest BCUT2D eigenvalue weighted by atomic mass is 16.5. The minimum atomic E-state index is 0.00715. The monoisotopic (exact) mass is 244 g/mol. The van der Waals surface area contributed by atoms with E-state index in [0.29, 0.717) is 26.4 Å². The number of ether oxygens (including phenoxy) is 2. The number of likely N-dealkylation sites (tertiary alicyclic amines) is 1. The zero-order valence-corrected chi connectivity index (χ0v) is 10.9. The third-order valence-corrected chi connectivity index (χ3v) is 2.92. The molecule has 1 heterocycles. The molecular formula is C12H24N2O3. The lowest BCUT2D eigenvalue weighted by Crippen LogP contribution is -2.51. The van der Waals surface area contributed by atoms with Gasteiger partial charge in [-0.1, -0.05) is 6.92 Å². The highest BCUT2D eigenvalue weighted by Crippen LogP contribution is 2.11.